The Kier molecular flexibility index (Phi) is 7.48. The lowest BCUT2D eigenvalue weighted by atomic mass is 10.4. The van der Waals surface area contributed by atoms with Gasteiger partial charge in [0.2, 0.25) is 5.95 Å². The van der Waals surface area contributed by atoms with Crippen molar-refractivity contribution in [2.45, 2.75) is 17.2 Å². The Morgan fingerprint density at radius 3 is 2.60 bits per heavy atom. The number of aromatic nitrogens is 2. The monoisotopic (exact) mass is 372 g/mol. The van der Waals surface area contributed by atoms with Crippen LogP contribution >= 0.6 is 11.8 Å². The van der Waals surface area contributed by atoms with Crippen molar-refractivity contribution in [3.05, 3.63) is 48.3 Å². The molecule has 1 atom stereocenters. The van der Waals surface area contributed by atoms with Gasteiger partial charge in [0.05, 0.1) is 6.10 Å². The summed E-state index contributed by atoms with van der Waals surface area (Å²) in [6.45, 7) is 1.21. The molecule has 0 saturated heterocycles. The van der Waals surface area contributed by atoms with E-state index in [9.17, 15) is 18.3 Å². The van der Waals surface area contributed by atoms with Crippen molar-refractivity contribution >= 4 is 17.7 Å². The van der Waals surface area contributed by atoms with E-state index >= 15 is 0 Å². The SMILES string of the molecule is O[C@@H](CNCCNc1nccc(C(F)(F)F)n1)CSc1ccccc1. The molecule has 9 heteroatoms. The van der Waals surface area contributed by atoms with Crippen molar-refractivity contribution in [1.29, 1.82) is 0 Å². The van der Waals surface area contributed by atoms with E-state index in [0.717, 1.165) is 17.2 Å². The topological polar surface area (TPSA) is 70.1 Å². The summed E-state index contributed by atoms with van der Waals surface area (Å²) >= 11 is 1.56. The van der Waals surface area contributed by atoms with Gasteiger partial charge in [0.15, 0.2) is 0 Å². The summed E-state index contributed by atoms with van der Waals surface area (Å²) in [4.78, 5) is 8.25. The number of nitrogens with zero attached hydrogens (tertiary/aromatic N) is 2. The lowest BCUT2D eigenvalue weighted by Gasteiger charge is -2.12. The van der Waals surface area contributed by atoms with E-state index in [1.165, 1.54) is 0 Å². The fraction of sp³-hybridized carbons (Fsp3) is 0.375. The molecule has 0 spiro atoms. The lowest BCUT2D eigenvalue weighted by molar-refractivity contribution is -0.141. The van der Waals surface area contributed by atoms with Crippen molar-refractivity contribution in [3.63, 3.8) is 0 Å². The van der Waals surface area contributed by atoms with Crippen LogP contribution in [0.5, 0.6) is 0 Å². The summed E-state index contributed by atoms with van der Waals surface area (Å²) < 4.78 is 37.6. The highest BCUT2D eigenvalue weighted by Crippen LogP contribution is 2.27. The van der Waals surface area contributed by atoms with Crippen LogP contribution in [-0.4, -0.2) is 46.6 Å². The minimum Gasteiger partial charge on any atom is -0.391 e. The van der Waals surface area contributed by atoms with Crippen molar-refractivity contribution < 1.29 is 18.3 Å². The highest BCUT2D eigenvalue weighted by atomic mass is 32.2. The van der Waals surface area contributed by atoms with Gasteiger partial charge in [-0.1, -0.05) is 18.2 Å². The summed E-state index contributed by atoms with van der Waals surface area (Å²) in [6, 6.07) is 10.6. The number of halogens is 3. The van der Waals surface area contributed by atoms with Gasteiger partial charge < -0.3 is 15.7 Å². The molecule has 1 aromatic heterocycles. The van der Waals surface area contributed by atoms with Crippen molar-refractivity contribution in [1.82, 2.24) is 15.3 Å². The second-order valence-corrected chi connectivity index (χ2v) is 6.27. The normalized spacial score (nSPS) is 12.8. The van der Waals surface area contributed by atoms with Crippen LogP contribution in [0.1, 0.15) is 5.69 Å². The molecule has 25 heavy (non-hydrogen) atoms. The third-order valence-electron chi connectivity index (χ3n) is 3.10. The van der Waals surface area contributed by atoms with Crippen LogP contribution < -0.4 is 10.6 Å². The molecule has 0 fully saturated rings. The first-order valence-electron chi connectivity index (χ1n) is 7.66. The number of thioether (sulfide) groups is 1. The first-order chi connectivity index (χ1) is 11.9. The summed E-state index contributed by atoms with van der Waals surface area (Å²) in [5, 5.41) is 15.6. The molecule has 2 aromatic rings. The third kappa shape index (κ3) is 7.29. The largest absolute Gasteiger partial charge is 0.433 e. The summed E-state index contributed by atoms with van der Waals surface area (Å²) in [7, 11) is 0. The molecule has 0 bridgehead atoms. The van der Waals surface area contributed by atoms with Crippen LogP contribution in [0.25, 0.3) is 0 Å². The molecule has 0 aliphatic heterocycles. The van der Waals surface area contributed by atoms with Crippen LogP contribution in [0.15, 0.2) is 47.5 Å². The van der Waals surface area contributed by atoms with Crippen LogP contribution in [0.4, 0.5) is 19.1 Å². The Labute approximate surface area is 148 Å². The highest BCUT2D eigenvalue weighted by Gasteiger charge is 2.32. The first-order valence-corrected chi connectivity index (χ1v) is 8.64. The van der Waals surface area contributed by atoms with Gasteiger partial charge in [-0.15, -0.1) is 11.8 Å². The molecular formula is C16H19F3N4OS. The van der Waals surface area contributed by atoms with E-state index in [0.29, 0.717) is 25.4 Å². The Morgan fingerprint density at radius 1 is 1.12 bits per heavy atom. The van der Waals surface area contributed by atoms with Gasteiger partial charge in [0.1, 0.15) is 5.69 Å². The predicted octanol–water partition coefficient (Wildman–Crippen LogP) is 2.65. The second-order valence-electron chi connectivity index (χ2n) is 5.17. The van der Waals surface area contributed by atoms with E-state index in [-0.39, 0.29) is 5.95 Å². The number of rotatable bonds is 9. The molecule has 0 unspecified atom stereocenters. The Hall–Kier alpha value is -1.84. The number of benzene rings is 1. The molecule has 0 aliphatic carbocycles. The Balaban J connectivity index is 1.61. The average molecular weight is 372 g/mol. The van der Waals surface area contributed by atoms with E-state index in [1.807, 2.05) is 30.3 Å². The minimum absolute atomic E-state index is 0.0724. The van der Waals surface area contributed by atoms with Gasteiger partial charge in [-0.25, -0.2) is 9.97 Å². The zero-order valence-corrected chi connectivity index (χ0v) is 14.1. The lowest BCUT2D eigenvalue weighted by Crippen LogP contribution is -2.32. The van der Waals surface area contributed by atoms with Crippen molar-refractivity contribution in [3.8, 4) is 0 Å². The van der Waals surface area contributed by atoms with Crippen LogP contribution in [0, 0.1) is 0 Å². The van der Waals surface area contributed by atoms with Crippen molar-refractivity contribution in [2.75, 3.05) is 30.7 Å². The number of aliphatic hydroxyl groups excluding tert-OH is 1. The van der Waals surface area contributed by atoms with E-state index in [4.69, 9.17) is 0 Å². The molecule has 0 saturated carbocycles. The van der Waals surface area contributed by atoms with Crippen LogP contribution in [0.3, 0.4) is 0 Å². The molecule has 5 nitrogen and oxygen atoms in total. The van der Waals surface area contributed by atoms with Gasteiger partial charge in [-0.3, -0.25) is 0 Å². The molecule has 136 valence electrons. The fourth-order valence-electron chi connectivity index (χ4n) is 1.90. The van der Waals surface area contributed by atoms with Crippen LogP contribution in [-0.2, 0) is 6.18 Å². The van der Waals surface area contributed by atoms with Gasteiger partial charge >= 0.3 is 6.18 Å². The third-order valence-corrected chi connectivity index (χ3v) is 4.25. The second kappa shape index (κ2) is 9.59. The van der Waals surface area contributed by atoms with E-state index < -0.39 is 18.0 Å². The average Bonchev–Trinajstić information content (AvgIpc) is 2.60. The zero-order valence-electron chi connectivity index (χ0n) is 13.3. The standard InChI is InChI=1S/C16H19F3N4OS/c17-16(18,19)14-6-7-21-15(23-14)22-9-8-20-10-12(24)11-25-13-4-2-1-3-5-13/h1-7,12,20,24H,8-11H2,(H,21,22,23)/t12-/m0/s1. The highest BCUT2D eigenvalue weighted by molar-refractivity contribution is 7.99. The first kappa shape index (κ1) is 19.5. The quantitative estimate of drug-likeness (QED) is 0.464. The predicted molar refractivity (Wildman–Crippen MR) is 91.6 cm³/mol. The summed E-state index contributed by atoms with van der Waals surface area (Å²) in [6.07, 6.45) is -3.94. The summed E-state index contributed by atoms with van der Waals surface area (Å²) in [5.74, 6) is 0.484. The minimum atomic E-state index is -4.49. The Bertz CT molecular complexity index is 643. The number of hydrogen-bond acceptors (Lipinski definition) is 6. The molecule has 2 rings (SSSR count). The number of alkyl halides is 3. The van der Waals surface area contributed by atoms with Crippen LogP contribution in [0.2, 0.25) is 0 Å². The van der Waals surface area contributed by atoms with Gasteiger partial charge in [-0.2, -0.15) is 13.2 Å². The van der Waals surface area contributed by atoms with Gasteiger partial charge in [0, 0.05) is 36.5 Å². The Morgan fingerprint density at radius 2 is 1.88 bits per heavy atom. The maximum atomic E-state index is 12.5. The molecule has 0 aliphatic rings. The molecule has 1 heterocycles. The molecule has 0 amide bonds. The van der Waals surface area contributed by atoms with E-state index in [1.54, 1.807) is 11.8 Å². The van der Waals surface area contributed by atoms with Gasteiger partial charge in [-0.05, 0) is 18.2 Å². The summed E-state index contributed by atoms with van der Waals surface area (Å²) in [5.41, 5.74) is -0.980. The smallest absolute Gasteiger partial charge is 0.391 e. The number of anilines is 1. The maximum absolute atomic E-state index is 12.5. The fourth-order valence-corrected chi connectivity index (χ4v) is 2.75. The van der Waals surface area contributed by atoms with E-state index in [2.05, 4.69) is 20.6 Å². The zero-order chi connectivity index (χ0) is 18.1. The molecule has 1 aromatic carbocycles. The molecular weight excluding hydrogens is 353 g/mol. The molecule has 0 radical (unpaired) electrons. The van der Waals surface area contributed by atoms with Gasteiger partial charge in [0.25, 0.3) is 0 Å². The number of hydrogen-bond donors (Lipinski definition) is 3. The number of aliphatic hydroxyl groups is 1. The maximum Gasteiger partial charge on any atom is 0.433 e. The van der Waals surface area contributed by atoms with Crippen molar-refractivity contribution in [2.24, 2.45) is 0 Å². The molecule has 3 N–H and O–H groups in total. The number of nitrogens with one attached hydrogen (secondary N) is 2.